The second-order valence-corrected chi connectivity index (χ2v) is 6.58. The highest BCUT2D eigenvalue weighted by molar-refractivity contribution is 5.26. The van der Waals surface area contributed by atoms with E-state index in [2.05, 4.69) is 70.8 Å². The van der Waals surface area contributed by atoms with Crippen molar-refractivity contribution in [3.05, 3.63) is 35.4 Å². The number of hydrogen-bond donors (Lipinski definition) is 1. The largest absolute Gasteiger partial charge is 0.326 e. The molecule has 0 bridgehead atoms. The van der Waals surface area contributed by atoms with Crippen LogP contribution in [-0.4, -0.2) is 24.0 Å². The first kappa shape index (κ1) is 17.2. The quantitative estimate of drug-likeness (QED) is 0.811. The molecule has 0 aliphatic heterocycles. The Labute approximate surface area is 125 Å². The summed E-state index contributed by atoms with van der Waals surface area (Å²) < 4.78 is 0. The average molecular weight is 276 g/mol. The van der Waals surface area contributed by atoms with E-state index < -0.39 is 0 Å². The third kappa shape index (κ3) is 4.60. The third-order valence-corrected chi connectivity index (χ3v) is 4.21. The van der Waals surface area contributed by atoms with Crippen molar-refractivity contribution >= 4 is 0 Å². The summed E-state index contributed by atoms with van der Waals surface area (Å²) in [6.07, 6.45) is 2.20. The maximum Gasteiger partial charge on any atom is 0.0498 e. The molecule has 0 aromatic heterocycles. The van der Waals surface area contributed by atoms with Gasteiger partial charge in [-0.05, 0) is 45.2 Å². The van der Waals surface area contributed by atoms with Crippen molar-refractivity contribution in [2.24, 2.45) is 11.7 Å². The molecule has 2 nitrogen and oxygen atoms in total. The first-order chi connectivity index (χ1) is 9.36. The Balaban J connectivity index is 3.00. The van der Waals surface area contributed by atoms with Gasteiger partial charge in [0.25, 0.3) is 0 Å². The van der Waals surface area contributed by atoms with Crippen LogP contribution in [0, 0.1) is 12.8 Å². The Morgan fingerprint density at radius 2 is 1.85 bits per heavy atom. The van der Waals surface area contributed by atoms with E-state index in [0.717, 1.165) is 6.42 Å². The fraction of sp³-hybridized carbons (Fsp3) is 0.667. The zero-order chi connectivity index (χ0) is 15.3. The summed E-state index contributed by atoms with van der Waals surface area (Å²) in [7, 11) is 2.22. The minimum absolute atomic E-state index is 0.177. The number of likely N-dealkylation sites (N-methyl/N-ethyl adjacent to an activating group) is 1. The number of benzene rings is 1. The molecule has 0 aliphatic carbocycles. The van der Waals surface area contributed by atoms with Crippen LogP contribution >= 0.6 is 0 Å². The highest BCUT2D eigenvalue weighted by Gasteiger charge is 2.26. The number of hydrogen-bond acceptors (Lipinski definition) is 2. The summed E-state index contributed by atoms with van der Waals surface area (Å²) in [6.45, 7) is 11.2. The zero-order valence-corrected chi connectivity index (χ0v) is 14.1. The van der Waals surface area contributed by atoms with Crippen molar-refractivity contribution in [2.45, 2.75) is 65.6 Å². The predicted molar refractivity (Wildman–Crippen MR) is 88.9 cm³/mol. The first-order valence-corrected chi connectivity index (χ1v) is 7.90. The van der Waals surface area contributed by atoms with Gasteiger partial charge in [-0.1, -0.05) is 50.6 Å². The fourth-order valence-corrected chi connectivity index (χ4v) is 2.98. The Hall–Kier alpha value is -0.860. The van der Waals surface area contributed by atoms with Gasteiger partial charge in [-0.25, -0.2) is 0 Å². The third-order valence-electron chi connectivity index (χ3n) is 4.21. The average Bonchev–Trinajstić information content (AvgIpc) is 2.37. The Bertz CT molecular complexity index is 400. The Morgan fingerprint density at radius 3 is 2.35 bits per heavy atom. The van der Waals surface area contributed by atoms with E-state index in [-0.39, 0.29) is 6.04 Å². The van der Waals surface area contributed by atoms with Gasteiger partial charge in [-0.15, -0.1) is 0 Å². The molecule has 0 fully saturated rings. The second-order valence-electron chi connectivity index (χ2n) is 6.58. The van der Waals surface area contributed by atoms with Gasteiger partial charge in [0.1, 0.15) is 0 Å². The highest BCUT2D eigenvalue weighted by Crippen LogP contribution is 2.28. The number of aryl methyl sites for hydroxylation is 1. The Kier molecular flexibility index (Phi) is 6.70. The molecule has 0 spiro atoms. The molecule has 1 aromatic rings. The van der Waals surface area contributed by atoms with E-state index in [1.807, 2.05) is 0 Å². The van der Waals surface area contributed by atoms with E-state index in [1.165, 1.54) is 17.5 Å². The Morgan fingerprint density at radius 1 is 1.20 bits per heavy atom. The summed E-state index contributed by atoms with van der Waals surface area (Å²) in [5.74, 6) is 0.712. The maximum atomic E-state index is 6.43. The van der Waals surface area contributed by atoms with Crippen molar-refractivity contribution < 1.29 is 0 Å². The van der Waals surface area contributed by atoms with E-state index in [4.69, 9.17) is 5.73 Å². The van der Waals surface area contributed by atoms with Gasteiger partial charge in [-0.3, -0.25) is 4.90 Å². The van der Waals surface area contributed by atoms with E-state index in [1.54, 1.807) is 0 Å². The van der Waals surface area contributed by atoms with Crippen molar-refractivity contribution in [3.8, 4) is 0 Å². The van der Waals surface area contributed by atoms with Gasteiger partial charge >= 0.3 is 0 Å². The molecule has 114 valence electrons. The summed E-state index contributed by atoms with van der Waals surface area (Å²) in [5, 5.41) is 0. The molecule has 3 unspecified atom stereocenters. The molecule has 2 N–H and O–H groups in total. The molecule has 1 aromatic carbocycles. The van der Waals surface area contributed by atoms with Crippen LogP contribution in [0.3, 0.4) is 0 Å². The summed E-state index contributed by atoms with van der Waals surface area (Å²) >= 11 is 0. The van der Waals surface area contributed by atoms with Crippen LogP contribution < -0.4 is 5.73 Å². The lowest BCUT2D eigenvalue weighted by atomic mass is 9.93. The van der Waals surface area contributed by atoms with Gasteiger partial charge in [0.05, 0.1) is 0 Å². The lowest BCUT2D eigenvalue weighted by molar-refractivity contribution is 0.142. The molecule has 0 radical (unpaired) electrons. The lowest BCUT2D eigenvalue weighted by Gasteiger charge is -2.37. The molecule has 2 heteroatoms. The molecule has 0 heterocycles. The van der Waals surface area contributed by atoms with Crippen LogP contribution in [0.1, 0.15) is 57.7 Å². The maximum absolute atomic E-state index is 6.43. The molecule has 20 heavy (non-hydrogen) atoms. The fourth-order valence-electron chi connectivity index (χ4n) is 2.98. The molecule has 0 aliphatic rings. The number of nitrogens with zero attached hydrogens (tertiary/aromatic N) is 1. The summed E-state index contributed by atoms with van der Waals surface area (Å²) in [4.78, 5) is 2.46. The van der Waals surface area contributed by atoms with Crippen molar-refractivity contribution in [1.29, 1.82) is 0 Å². The standard InChI is InChI=1S/C18H32N2/c1-7-17(19)18(16-10-8-9-14(4)12-16)20(6)15(5)11-13(2)3/h8-10,12-13,15,17-18H,7,11,19H2,1-6H3. The number of nitrogens with two attached hydrogens (primary N) is 1. The van der Waals surface area contributed by atoms with E-state index in [0.29, 0.717) is 18.0 Å². The topological polar surface area (TPSA) is 29.3 Å². The monoisotopic (exact) mass is 276 g/mol. The van der Waals surface area contributed by atoms with Gasteiger partial charge in [-0.2, -0.15) is 0 Å². The smallest absolute Gasteiger partial charge is 0.0498 e. The zero-order valence-electron chi connectivity index (χ0n) is 14.1. The van der Waals surface area contributed by atoms with Crippen molar-refractivity contribution in [2.75, 3.05) is 7.05 Å². The summed E-state index contributed by atoms with van der Waals surface area (Å²) in [5.41, 5.74) is 9.08. The molecular formula is C18H32N2. The van der Waals surface area contributed by atoms with Crippen LogP contribution in [0.4, 0.5) is 0 Å². The SMILES string of the molecule is CCC(N)C(c1cccc(C)c1)N(C)C(C)CC(C)C. The van der Waals surface area contributed by atoms with E-state index in [9.17, 15) is 0 Å². The molecule has 1 rings (SSSR count). The minimum Gasteiger partial charge on any atom is -0.326 e. The second kappa shape index (κ2) is 7.80. The first-order valence-electron chi connectivity index (χ1n) is 7.90. The van der Waals surface area contributed by atoms with Crippen LogP contribution in [0.25, 0.3) is 0 Å². The van der Waals surface area contributed by atoms with Crippen molar-refractivity contribution in [3.63, 3.8) is 0 Å². The molecule has 0 saturated carbocycles. The van der Waals surface area contributed by atoms with Crippen LogP contribution in [0.15, 0.2) is 24.3 Å². The summed E-state index contributed by atoms with van der Waals surface area (Å²) in [6, 6.07) is 9.80. The van der Waals surface area contributed by atoms with Crippen LogP contribution in [-0.2, 0) is 0 Å². The minimum atomic E-state index is 0.177. The molecule has 3 atom stereocenters. The highest BCUT2D eigenvalue weighted by atomic mass is 15.2. The van der Waals surface area contributed by atoms with Crippen LogP contribution in [0.5, 0.6) is 0 Å². The normalized spacial score (nSPS) is 16.4. The van der Waals surface area contributed by atoms with Gasteiger partial charge < -0.3 is 5.73 Å². The van der Waals surface area contributed by atoms with Gasteiger partial charge in [0.15, 0.2) is 0 Å². The van der Waals surface area contributed by atoms with E-state index >= 15 is 0 Å². The van der Waals surface area contributed by atoms with Crippen molar-refractivity contribution in [1.82, 2.24) is 4.90 Å². The lowest BCUT2D eigenvalue weighted by Crippen LogP contribution is -2.43. The number of rotatable bonds is 7. The molecule has 0 saturated heterocycles. The predicted octanol–water partition coefficient (Wildman–Crippen LogP) is 4.14. The molecule has 0 amide bonds. The molecular weight excluding hydrogens is 244 g/mol. The van der Waals surface area contributed by atoms with Gasteiger partial charge in [0, 0.05) is 18.1 Å². The van der Waals surface area contributed by atoms with Crippen LogP contribution in [0.2, 0.25) is 0 Å². The van der Waals surface area contributed by atoms with Gasteiger partial charge in [0.2, 0.25) is 0 Å².